The molecule has 0 unspecified atom stereocenters. The summed E-state index contributed by atoms with van der Waals surface area (Å²) >= 11 is -2.03. The van der Waals surface area contributed by atoms with Crippen LogP contribution in [0.25, 0.3) is 66.6 Å². The topological polar surface area (TPSA) is 51.8 Å². The summed E-state index contributed by atoms with van der Waals surface area (Å²) in [5, 5.41) is 3.07. The molecule has 3 aromatic carbocycles. The van der Waals surface area contributed by atoms with Crippen LogP contribution in [0.2, 0.25) is 17.3 Å². The van der Waals surface area contributed by atoms with Crippen molar-refractivity contribution in [1.29, 1.82) is 0 Å². The van der Waals surface area contributed by atoms with Crippen LogP contribution >= 0.6 is 0 Å². The minimum atomic E-state index is -2.03. The molecule has 0 spiro atoms. The molecule has 0 radical (unpaired) electrons. The number of benzene rings is 3. The molecule has 0 aliphatic carbocycles. The Labute approximate surface area is 229 Å². The van der Waals surface area contributed by atoms with Crippen LogP contribution < -0.4 is 4.40 Å². The van der Waals surface area contributed by atoms with Gasteiger partial charge in [-0.1, -0.05) is 30.3 Å². The van der Waals surface area contributed by atoms with E-state index in [0.717, 1.165) is 44.4 Å². The molecule has 7 aromatic rings. The van der Waals surface area contributed by atoms with Crippen LogP contribution in [-0.4, -0.2) is 28.2 Å². The van der Waals surface area contributed by atoms with Crippen molar-refractivity contribution in [3.05, 3.63) is 109 Å². The zero-order valence-corrected chi connectivity index (χ0v) is 24.2. The van der Waals surface area contributed by atoms with Crippen molar-refractivity contribution in [1.82, 2.24) is 15.0 Å². The zero-order chi connectivity index (χ0) is 26.6. The third kappa shape index (κ3) is 4.21. The van der Waals surface area contributed by atoms with Gasteiger partial charge in [-0.25, -0.2) is 0 Å². The van der Waals surface area contributed by atoms with Gasteiger partial charge in [0.2, 0.25) is 0 Å². The average molecular weight is 566 g/mol. The maximum atomic E-state index is 6.44. The molecule has 0 saturated heterocycles. The van der Waals surface area contributed by atoms with Gasteiger partial charge >= 0.3 is 194 Å². The van der Waals surface area contributed by atoms with Crippen molar-refractivity contribution in [2.75, 3.05) is 0 Å². The number of furan rings is 1. The molecule has 4 aromatic heterocycles. The van der Waals surface area contributed by atoms with E-state index in [9.17, 15) is 0 Å². The van der Waals surface area contributed by atoms with Gasteiger partial charge in [0.1, 0.15) is 0 Å². The van der Waals surface area contributed by atoms with Crippen LogP contribution in [0.1, 0.15) is 0 Å². The van der Waals surface area contributed by atoms with E-state index in [1.54, 1.807) is 0 Å². The molecule has 0 N–H and O–H groups in total. The van der Waals surface area contributed by atoms with Crippen molar-refractivity contribution in [2.24, 2.45) is 0 Å². The molecule has 4 nitrogen and oxygen atoms in total. The number of nitrogens with zero attached hydrogens (tertiary/aromatic N) is 3. The molecular formula is C34H27GeN3O. The van der Waals surface area contributed by atoms with Gasteiger partial charge < -0.3 is 0 Å². The van der Waals surface area contributed by atoms with Gasteiger partial charge in [-0.2, -0.15) is 0 Å². The molecule has 4 heterocycles. The molecule has 5 heteroatoms. The number of hydrogen-bond donors (Lipinski definition) is 0. The second-order valence-electron chi connectivity index (χ2n) is 11.0. The molecule has 0 amide bonds. The molecule has 0 aliphatic heterocycles. The van der Waals surface area contributed by atoms with Crippen LogP contribution in [0, 0.1) is 0 Å². The van der Waals surface area contributed by atoms with Crippen molar-refractivity contribution in [3.63, 3.8) is 0 Å². The fourth-order valence-corrected chi connectivity index (χ4v) is 7.64. The summed E-state index contributed by atoms with van der Waals surface area (Å²) in [5.74, 6) is 7.28. The predicted molar refractivity (Wildman–Crippen MR) is 164 cm³/mol. The summed E-state index contributed by atoms with van der Waals surface area (Å²) in [4.78, 5) is 14.6. The second kappa shape index (κ2) is 9.17. The summed E-state index contributed by atoms with van der Waals surface area (Å²) in [6.07, 6.45) is 3.71. The Kier molecular flexibility index (Phi) is 5.60. The summed E-state index contributed by atoms with van der Waals surface area (Å²) in [6, 6.07) is 33.8. The Hall–Kier alpha value is -4.29. The monoisotopic (exact) mass is 567 g/mol. The van der Waals surface area contributed by atoms with Crippen LogP contribution in [0.15, 0.2) is 114 Å². The first-order valence-electron chi connectivity index (χ1n) is 13.2. The van der Waals surface area contributed by atoms with E-state index in [4.69, 9.17) is 14.4 Å². The number of aromatic nitrogens is 3. The number of pyridine rings is 3. The van der Waals surface area contributed by atoms with E-state index in [1.165, 1.54) is 20.9 Å². The molecule has 7 rings (SSSR count). The van der Waals surface area contributed by atoms with E-state index < -0.39 is 13.3 Å². The van der Waals surface area contributed by atoms with Gasteiger partial charge in [-0.05, 0) is 0 Å². The molecule has 39 heavy (non-hydrogen) atoms. The van der Waals surface area contributed by atoms with Gasteiger partial charge in [0, 0.05) is 5.56 Å². The SMILES string of the molecule is [CH3][Ge]([CH3])([CH3])[c]1ccc2nc(-c3cncc4c3oc3nc(-c5ccccc5)ccc34)cc(-c3ccccc3)c2c1. The van der Waals surface area contributed by atoms with E-state index in [-0.39, 0.29) is 0 Å². The van der Waals surface area contributed by atoms with Gasteiger partial charge in [0.25, 0.3) is 0 Å². The number of fused-ring (bicyclic) bond motifs is 4. The Bertz CT molecular complexity index is 1990. The van der Waals surface area contributed by atoms with Gasteiger partial charge in [0.15, 0.2) is 0 Å². The Morgan fingerprint density at radius 1 is 0.590 bits per heavy atom. The van der Waals surface area contributed by atoms with Crippen LogP contribution in [-0.2, 0) is 0 Å². The molecule has 0 bridgehead atoms. The molecule has 0 aliphatic rings. The molecule has 0 fully saturated rings. The molecular weight excluding hydrogens is 539 g/mol. The van der Waals surface area contributed by atoms with Gasteiger partial charge in [-0.3, -0.25) is 0 Å². The fraction of sp³-hybridized carbons (Fsp3) is 0.0882. The first kappa shape index (κ1) is 23.8. The van der Waals surface area contributed by atoms with Crippen molar-refractivity contribution in [2.45, 2.75) is 17.3 Å². The Morgan fingerprint density at radius 3 is 2.08 bits per heavy atom. The van der Waals surface area contributed by atoms with Gasteiger partial charge in [0.05, 0.1) is 0 Å². The summed E-state index contributed by atoms with van der Waals surface area (Å²) in [7, 11) is 0. The number of hydrogen-bond acceptors (Lipinski definition) is 4. The third-order valence-electron chi connectivity index (χ3n) is 7.35. The first-order chi connectivity index (χ1) is 19.0. The summed E-state index contributed by atoms with van der Waals surface area (Å²) < 4.78 is 7.91. The standard InChI is InChI=1S/C34H27GeN3O/c1-35(2,3)24-14-16-31-27(18-24)26(22-10-6-4-7-11-22)19-32(37-31)29-21-36-20-28-25-15-17-30(23-12-8-5-9-13-23)38-34(25)39-33(28)29/h4-21H,1-3H3. The van der Waals surface area contributed by atoms with Crippen LogP contribution in [0.4, 0.5) is 0 Å². The van der Waals surface area contributed by atoms with E-state index >= 15 is 0 Å². The minimum absolute atomic E-state index is 0.603. The predicted octanol–water partition coefficient (Wildman–Crippen LogP) is 8.47. The Balaban J connectivity index is 1.46. The van der Waals surface area contributed by atoms with Gasteiger partial charge in [-0.15, -0.1) is 0 Å². The maximum absolute atomic E-state index is 6.44. The quantitative estimate of drug-likeness (QED) is 0.201. The zero-order valence-electron chi connectivity index (χ0n) is 22.1. The second-order valence-corrected chi connectivity index (χ2v) is 21.6. The Morgan fingerprint density at radius 2 is 1.33 bits per heavy atom. The fourth-order valence-electron chi connectivity index (χ4n) is 5.21. The first-order valence-corrected chi connectivity index (χ1v) is 20.5. The third-order valence-corrected chi connectivity index (χ3v) is 11.6. The summed E-state index contributed by atoms with van der Waals surface area (Å²) in [6.45, 7) is 0. The van der Waals surface area contributed by atoms with Crippen molar-refractivity contribution in [3.8, 4) is 33.6 Å². The van der Waals surface area contributed by atoms with Crippen molar-refractivity contribution >= 4 is 50.6 Å². The molecule has 0 saturated carbocycles. The van der Waals surface area contributed by atoms with E-state index in [0.29, 0.717) is 5.71 Å². The number of rotatable bonds is 4. The van der Waals surface area contributed by atoms with E-state index in [2.05, 4.69) is 95.0 Å². The van der Waals surface area contributed by atoms with Crippen molar-refractivity contribution < 1.29 is 4.42 Å². The van der Waals surface area contributed by atoms with Crippen LogP contribution in [0.3, 0.4) is 0 Å². The molecule has 188 valence electrons. The van der Waals surface area contributed by atoms with Crippen LogP contribution in [0.5, 0.6) is 0 Å². The molecule has 0 atom stereocenters. The van der Waals surface area contributed by atoms with E-state index in [1.807, 2.05) is 36.7 Å². The average Bonchev–Trinajstić information content (AvgIpc) is 3.35. The normalized spacial score (nSPS) is 12.0. The summed E-state index contributed by atoms with van der Waals surface area (Å²) in [5.41, 5.74) is 8.31.